The number of fused-ring (bicyclic) bond motifs is 2. The van der Waals surface area contributed by atoms with Gasteiger partial charge >= 0.3 is 0 Å². The van der Waals surface area contributed by atoms with E-state index in [-0.39, 0.29) is 0 Å². The van der Waals surface area contributed by atoms with Crippen molar-refractivity contribution in [1.29, 1.82) is 0 Å². The van der Waals surface area contributed by atoms with Crippen LogP contribution in [-0.2, 0) is 4.79 Å². The Morgan fingerprint density at radius 2 is 2.13 bits per heavy atom. The van der Waals surface area contributed by atoms with E-state index in [1.54, 1.807) is 6.33 Å². The molecule has 0 spiro atoms. The summed E-state index contributed by atoms with van der Waals surface area (Å²) in [4.78, 5) is 28.3. The van der Waals surface area contributed by atoms with Crippen molar-refractivity contribution in [1.82, 2.24) is 19.9 Å². The van der Waals surface area contributed by atoms with E-state index in [0.717, 1.165) is 49.3 Å². The third-order valence-electron chi connectivity index (χ3n) is 5.79. The Bertz CT molecular complexity index is 755. The quantitative estimate of drug-likeness (QED) is 0.929. The van der Waals surface area contributed by atoms with Crippen molar-refractivity contribution < 1.29 is 4.79 Å². The number of nitrogens with one attached hydrogen (secondary N) is 1. The number of carbonyl (C=O) groups excluding carboxylic acids is 1. The fourth-order valence-electron chi connectivity index (χ4n) is 4.25. The molecule has 2 saturated carbocycles. The molecule has 2 aromatic heterocycles. The number of likely N-dealkylation sites (tertiary alicyclic amines) is 1. The molecule has 3 atom stereocenters. The molecule has 1 saturated heterocycles. The van der Waals surface area contributed by atoms with Crippen LogP contribution in [0.3, 0.4) is 0 Å². The number of hydrogen-bond acceptors (Lipinski definition) is 4. The van der Waals surface area contributed by atoms with Crippen LogP contribution in [0.1, 0.15) is 12.8 Å². The van der Waals surface area contributed by atoms with Gasteiger partial charge < -0.3 is 14.8 Å². The van der Waals surface area contributed by atoms with Crippen molar-refractivity contribution >= 4 is 22.8 Å². The molecule has 23 heavy (non-hydrogen) atoms. The predicted octanol–water partition coefficient (Wildman–Crippen LogP) is 1.51. The van der Waals surface area contributed by atoms with Gasteiger partial charge in [-0.3, -0.25) is 4.79 Å². The molecule has 1 aliphatic heterocycles. The molecule has 3 aliphatic rings. The Balaban J connectivity index is 1.24. The lowest BCUT2D eigenvalue weighted by Crippen LogP contribution is -2.34. The van der Waals surface area contributed by atoms with Crippen molar-refractivity contribution in [3.05, 3.63) is 18.6 Å². The van der Waals surface area contributed by atoms with E-state index in [9.17, 15) is 4.79 Å². The third-order valence-corrected chi connectivity index (χ3v) is 5.79. The number of anilines is 1. The number of rotatable bonds is 4. The standard InChI is InChI=1S/C17H21N5O/c1-21(16-11-4-5-18-15(11)19-9-20-16)6-12-13-7-22(8-14(12)13)17(23)10-2-3-10/h4-5,9-10,12-14H,2-3,6-8H2,1H3,(H,18,19,20)/t12-,13-,14?/m0/s1. The van der Waals surface area contributed by atoms with Gasteiger partial charge in [-0.15, -0.1) is 0 Å². The van der Waals surface area contributed by atoms with Crippen molar-refractivity contribution in [2.24, 2.45) is 23.7 Å². The number of nitrogens with zero attached hydrogens (tertiary/aromatic N) is 4. The predicted molar refractivity (Wildman–Crippen MR) is 86.9 cm³/mol. The van der Waals surface area contributed by atoms with Gasteiger partial charge in [0, 0.05) is 38.8 Å². The van der Waals surface area contributed by atoms with Crippen molar-refractivity contribution in [3.8, 4) is 0 Å². The van der Waals surface area contributed by atoms with Crippen molar-refractivity contribution in [2.45, 2.75) is 12.8 Å². The molecule has 0 radical (unpaired) electrons. The number of carbonyl (C=O) groups is 1. The highest BCUT2D eigenvalue weighted by atomic mass is 16.2. The summed E-state index contributed by atoms with van der Waals surface area (Å²) in [5.74, 6) is 3.86. The lowest BCUT2D eigenvalue weighted by atomic mass is 10.2. The van der Waals surface area contributed by atoms with Gasteiger partial charge in [0.05, 0.1) is 5.39 Å². The van der Waals surface area contributed by atoms with Crippen molar-refractivity contribution in [3.63, 3.8) is 0 Å². The van der Waals surface area contributed by atoms with Crippen LogP contribution >= 0.6 is 0 Å². The van der Waals surface area contributed by atoms with Crippen LogP contribution in [0.15, 0.2) is 18.6 Å². The Kier molecular flexibility index (Phi) is 2.72. The van der Waals surface area contributed by atoms with Crippen LogP contribution < -0.4 is 4.90 Å². The van der Waals surface area contributed by atoms with Crippen LogP contribution in [0, 0.1) is 23.7 Å². The second-order valence-electron chi connectivity index (χ2n) is 7.33. The number of aromatic amines is 1. The smallest absolute Gasteiger partial charge is 0.225 e. The Labute approximate surface area is 134 Å². The number of H-pyrrole nitrogens is 1. The maximum atomic E-state index is 12.1. The van der Waals surface area contributed by atoms with Gasteiger partial charge in [-0.1, -0.05) is 0 Å². The van der Waals surface area contributed by atoms with Crippen LogP contribution in [-0.4, -0.2) is 52.4 Å². The first kappa shape index (κ1) is 13.3. The maximum Gasteiger partial charge on any atom is 0.225 e. The van der Waals surface area contributed by atoms with E-state index in [1.165, 1.54) is 0 Å². The molecule has 5 rings (SSSR count). The average molecular weight is 311 g/mol. The van der Waals surface area contributed by atoms with Gasteiger partial charge in [0.2, 0.25) is 5.91 Å². The summed E-state index contributed by atoms with van der Waals surface area (Å²) in [7, 11) is 2.11. The van der Waals surface area contributed by atoms with E-state index in [0.29, 0.717) is 29.6 Å². The molecule has 0 aromatic carbocycles. The van der Waals surface area contributed by atoms with E-state index in [2.05, 4.69) is 31.8 Å². The SMILES string of the molecule is CN(C[C@@H]1C2CN(C(=O)C3CC3)C[C@H]21)c1ncnc2[nH]ccc12. The first-order chi connectivity index (χ1) is 11.2. The Morgan fingerprint density at radius 3 is 2.87 bits per heavy atom. The van der Waals surface area contributed by atoms with Gasteiger partial charge in [0.1, 0.15) is 17.8 Å². The van der Waals surface area contributed by atoms with Crippen LogP contribution in [0.4, 0.5) is 5.82 Å². The minimum Gasteiger partial charge on any atom is -0.359 e. The third kappa shape index (κ3) is 2.11. The fraction of sp³-hybridized carbons (Fsp3) is 0.588. The zero-order valence-electron chi connectivity index (χ0n) is 13.3. The topological polar surface area (TPSA) is 65.1 Å². The minimum atomic E-state index is 0.358. The molecule has 0 bridgehead atoms. The summed E-state index contributed by atoms with van der Waals surface area (Å²) in [5, 5.41) is 1.08. The number of aromatic nitrogens is 3. The van der Waals surface area contributed by atoms with Gasteiger partial charge in [-0.2, -0.15) is 0 Å². The lowest BCUT2D eigenvalue weighted by molar-refractivity contribution is -0.132. The maximum absolute atomic E-state index is 12.1. The molecule has 3 fully saturated rings. The van der Waals surface area contributed by atoms with Gasteiger partial charge in [-0.25, -0.2) is 9.97 Å². The number of amides is 1. The monoisotopic (exact) mass is 311 g/mol. The lowest BCUT2D eigenvalue weighted by Gasteiger charge is -2.23. The van der Waals surface area contributed by atoms with Gasteiger partial charge in [0.25, 0.3) is 0 Å². The summed E-state index contributed by atoms with van der Waals surface area (Å²) in [5.41, 5.74) is 0.888. The van der Waals surface area contributed by atoms with E-state index < -0.39 is 0 Å². The highest BCUT2D eigenvalue weighted by Crippen LogP contribution is 2.53. The zero-order valence-corrected chi connectivity index (χ0v) is 13.3. The molecule has 1 unspecified atom stereocenters. The Hall–Kier alpha value is -2.11. The number of hydrogen-bond donors (Lipinski definition) is 1. The average Bonchev–Trinajstić information content (AvgIpc) is 3.39. The van der Waals surface area contributed by atoms with Gasteiger partial charge in [0.15, 0.2) is 0 Å². The molecular formula is C17H21N5O. The second-order valence-corrected chi connectivity index (χ2v) is 7.33. The first-order valence-electron chi connectivity index (χ1n) is 8.50. The minimum absolute atomic E-state index is 0.358. The van der Waals surface area contributed by atoms with E-state index in [4.69, 9.17) is 0 Å². The summed E-state index contributed by atoms with van der Waals surface area (Å²) in [6.07, 6.45) is 5.74. The van der Waals surface area contributed by atoms with Crippen LogP contribution in [0.25, 0.3) is 11.0 Å². The van der Waals surface area contributed by atoms with Crippen molar-refractivity contribution in [2.75, 3.05) is 31.6 Å². The molecule has 3 heterocycles. The molecule has 1 amide bonds. The fourth-order valence-corrected chi connectivity index (χ4v) is 4.25. The molecule has 1 N–H and O–H groups in total. The molecule has 6 heteroatoms. The van der Waals surface area contributed by atoms with Crippen LogP contribution in [0.2, 0.25) is 0 Å². The molecule has 2 aliphatic carbocycles. The van der Waals surface area contributed by atoms with Gasteiger partial charge in [-0.05, 0) is 36.7 Å². The zero-order chi connectivity index (χ0) is 15.6. The van der Waals surface area contributed by atoms with Crippen LogP contribution in [0.5, 0.6) is 0 Å². The molecule has 120 valence electrons. The summed E-state index contributed by atoms with van der Waals surface area (Å²) in [6.45, 7) is 2.96. The summed E-state index contributed by atoms with van der Waals surface area (Å²) in [6, 6.07) is 2.03. The summed E-state index contributed by atoms with van der Waals surface area (Å²) < 4.78 is 0. The molecule has 6 nitrogen and oxygen atoms in total. The first-order valence-corrected chi connectivity index (χ1v) is 8.50. The largest absolute Gasteiger partial charge is 0.359 e. The normalized spacial score (nSPS) is 28.9. The van der Waals surface area contributed by atoms with E-state index in [1.807, 2.05) is 12.3 Å². The Morgan fingerprint density at radius 1 is 1.35 bits per heavy atom. The summed E-state index contributed by atoms with van der Waals surface area (Å²) >= 11 is 0. The number of piperidine rings is 1. The molecular weight excluding hydrogens is 290 g/mol. The highest BCUT2D eigenvalue weighted by molar-refractivity contribution is 5.87. The highest BCUT2D eigenvalue weighted by Gasteiger charge is 2.57. The molecule has 2 aromatic rings. The van der Waals surface area contributed by atoms with E-state index >= 15 is 0 Å². The second kappa shape index (κ2) is 4.69.